The first-order chi connectivity index (χ1) is 9.06. The van der Waals surface area contributed by atoms with Crippen LogP contribution in [0.1, 0.15) is 11.1 Å². The highest BCUT2D eigenvalue weighted by molar-refractivity contribution is 7.99. The Balaban J connectivity index is 2.20. The van der Waals surface area contributed by atoms with E-state index in [2.05, 4.69) is 36.2 Å². The number of hydrogen-bond acceptors (Lipinski definition) is 4. The largest absolute Gasteiger partial charge is 0.369 e. The van der Waals surface area contributed by atoms with Crippen LogP contribution in [0.25, 0.3) is 11.3 Å². The van der Waals surface area contributed by atoms with Gasteiger partial charge in [0.1, 0.15) is 5.03 Å². The van der Waals surface area contributed by atoms with E-state index in [0.29, 0.717) is 5.03 Å². The molecule has 0 atom stereocenters. The third-order valence-corrected chi connectivity index (χ3v) is 3.60. The number of amides is 1. The van der Waals surface area contributed by atoms with E-state index in [-0.39, 0.29) is 11.7 Å². The summed E-state index contributed by atoms with van der Waals surface area (Å²) in [4.78, 5) is 10.7. The van der Waals surface area contributed by atoms with Crippen molar-refractivity contribution in [2.75, 3.05) is 5.75 Å². The van der Waals surface area contributed by atoms with Gasteiger partial charge in [-0.2, -0.15) is 0 Å². The molecule has 19 heavy (non-hydrogen) atoms. The summed E-state index contributed by atoms with van der Waals surface area (Å²) in [5, 5.41) is 8.99. The highest BCUT2D eigenvalue weighted by atomic mass is 32.2. The second kappa shape index (κ2) is 5.84. The molecule has 1 aromatic carbocycles. The maximum absolute atomic E-state index is 10.7. The minimum atomic E-state index is -0.356. The summed E-state index contributed by atoms with van der Waals surface area (Å²) in [6, 6.07) is 9.99. The fourth-order valence-corrected chi connectivity index (χ4v) is 2.34. The normalized spacial score (nSPS) is 10.4. The molecule has 1 heterocycles. The fourth-order valence-electron chi connectivity index (χ4n) is 1.79. The number of aryl methyl sites for hydroxylation is 2. The first kappa shape index (κ1) is 13.5. The predicted octanol–water partition coefficient (Wildman–Crippen LogP) is 2.34. The highest BCUT2D eigenvalue weighted by Gasteiger charge is 2.05. The number of nitrogens with zero attached hydrogens (tertiary/aromatic N) is 2. The molecule has 2 aromatic rings. The van der Waals surface area contributed by atoms with Crippen LogP contribution < -0.4 is 5.73 Å². The van der Waals surface area contributed by atoms with Gasteiger partial charge in [-0.25, -0.2) is 0 Å². The van der Waals surface area contributed by atoms with Crippen molar-refractivity contribution >= 4 is 17.7 Å². The summed E-state index contributed by atoms with van der Waals surface area (Å²) in [5.41, 5.74) is 9.39. The van der Waals surface area contributed by atoms with Crippen LogP contribution in [-0.2, 0) is 4.79 Å². The summed E-state index contributed by atoms with van der Waals surface area (Å²) in [7, 11) is 0. The van der Waals surface area contributed by atoms with Gasteiger partial charge in [0.25, 0.3) is 0 Å². The van der Waals surface area contributed by atoms with Crippen LogP contribution in [0.2, 0.25) is 0 Å². The van der Waals surface area contributed by atoms with Crippen LogP contribution in [0.5, 0.6) is 0 Å². The van der Waals surface area contributed by atoms with Crippen molar-refractivity contribution in [3.63, 3.8) is 0 Å². The number of hydrogen-bond donors (Lipinski definition) is 1. The van der Waals surface area contributed by atoms with Gasteiger partial charge in [-0.1, -0.05) is 35.5 Å². The lowest BCUT2D eigenvalue weighted by Gasteiger charge is -2.06. The Kier molecular flexibility index (Phi) is 4.16. The molecule has 2 rings (SSSR count). The van der Waals surface area contributed by atoms with Gasteiger partial charge in [0.2, 0.25) is 5.91 Å². The van der Waals surface area contributed by atoms with Gasteiger partial charge >= 0.3 is 0 Å². The fraction of sp³-hybridized carbons (Fsp3) is 0.214. The summed E-state index contributed by atoms with van der Waals surface area (Å²) < 4.78 is 0. The maximum Gasteiger partial charge on any atom is 0.227 e. The molecule has 0 saturated carbocycles. The van der Waals surface area contributed by atoms with Crippen LogP contribution in [-0.4, -0.2) is 21.9 Å². The number of carbonyl (C=O) groups is 1. The van der Waals surface area contributed by atoms with Crippen LogP contribution in [0, 0.1) is 13.8 Å². The molecule has 0 fully saturated rings. The standard InChI is InChI=1S/C14H15N3OS/c1-9-3-4-11(10(2)7-9)12-5-6-14(17-16-12)19-8-13(15)18/h3-7H,8H2,1-2H3,(H2,15,18). The number of carbonyl (C=O) groups excluding carboxylic acids is 1. The summed E-state index contributed by atoms with van der Waals surface area (Å²) in [6.07, 6.45) is 0. The lowest BCUT2D eigenvalue weighted by atomic mass is 10.0. The first-order valence-electron chi connectivity index (χ1n) is 5.89. The Morgan fingerprint density at radius 1 is 1.21 bits per heavy atom. The molecule has 0 aliphatic rings. The molecule has 0 unspecified atom stereocenters. The summed E-state index contributed by atoms with van der Waals surface area (Å²) in [5.74, 6) is -0.136. The SMILES string of the molecule is Cc1ccc(-c2ccc(SCC(N)=O)nn2)c(C)c1. The van der Waals surface area contributed by atoms with Crippen LogP contribution in [0.15, 0.2) is 35.4 Å². The minimum Gasteiger partial charge on any atom is -0.369 e. The molecule has 2 N–H and O–H groups in total. The monoisotopic (exact) mass is 273 g/mol. The third kappa shape index (κ3) is 3.54. The Labute approximate surface area is 116 Å². The van der Waals surface area contributed by atoms with Gasteiger partial charge < -0.3 is 5.73 Å². The number of thioether (sulfide) groups is 1. The molecule has 0 bridgehead atoms. The van der Waals surface area contributed by atoms with Crippen molar-refractivity contribution in [1.29, 1.82) is 0 Å². The average Bonchev–Trinajstić information content (AvgIpc) is 2.37. The van der Waals surface area contributed by atoms with Crippen molar-refractivity contribution in [2.24, 2.45) is 5.73 Å². The molecule has 1 amide bonds. The predicted molar refractivity (Wildman–Crippen MR) is 76.9 cm³/mol. The van der Waals surface area contributed by atoms with Crippen molar-refractivity contribution in [2.45, 2.75) is 18.9 Å². The first-order valence-corrected chi connectivity index (χ1v) is 6.87. The maximum atomic E-state index is 10.7. The molecular weight excluding hydrogens is 258 g/mol. The van der Waals surface area contributed by atoms with E-state index >= 15 is 0 Å². The van der Waals surface area contributed by atoms with E-state index < -0.39 is 0 Å². The van der Waals surface area contributed by atoms with E-state index in [0.717, 1.165) is 11.3 Å². The molecule has 4 nitrogen and oxygen atoms in total. The summed E-state index contributed by atoms with van der Waals surface area (Å²) in [6.45, 7) is 4.12. The zero-order chi connectivity index (χ0) is 13.8. The topological polar surface area (TPSA) is 68.9 Å². The quantitative estimate of drug-likeness (QED) is 0.868. The number of aromatic nitrogens is 2. The zero-order valence-electron chi connectivity index (χ0n) is 10.9. The van der Waals surface area contributed by atoms with E-state index in [1.165, 1.54) is 22.9 Å². The van der Waals surface area contributed by atoms with E-state index in [4.69, 9.17) is 5.73 Å². The van der Waals surface area contributed by atoms with Crippen LogP contribution >= 0.6 is 11.8 Å². The number of nitrogens with two attached hydrogens (primary N) is 1. The van der Waals surface area contributed by atoms with Crippen molar-refractivity contribution in [1.82, 2.24) is 10.2 Å². The van der Waals surface area contributed by atoms with Gasteiger partial charge in [-0.3, -0.25) is 4.79 Å². The van der Waals surface area contributed by atoms with Crippen LogP contribution in [0.4, 0.5) is 0 Å². The van der Waals surface area contributed by atoms with Gasteiger partial charge in [0.15, 0.2) is 0 Å². The molecule has 98 valence electrons. The van der Waals surface area contributed by atoms with E-state index in [1.807, 2.05) is 18.2 Å². The van der Waals surface area contributed by atoms with Gasteiger partial charge in [-0.05, 0) is 31.5 Å². The average molecular weight is 273 g/mol. The number of benzene rings is 1. The van der Waals surface area contributed by atoms with Crippen molar-refractivity contribution in [3.05, 3.63) is 41.5 Å². The van der Waals surface area contributed by atoms with Crippen molar-refractivity contribution < 1.29 is 4.79 Å². The molecule has 0 saturated heterocycles. The number of rotatable bonds is 4. The summed E-state index contributed by atoms with van der Waals surface area (Å²) >= 11 is 1.29. The number of primary amides is 1. The second-order valence-corrected chi connectivity index (χ2v) is 5.33. The highest BCUT2D eigenvalue weighted by Crippen LogP contribution is 2.23. The zero-order valence-corrected chi connectivity index (χ0v) is 11.7. The Morgan fingerprint density at radius 2 is 2.00 bits per heavy atom. The Morgan fingerprint density at radius 3 is 2.58 bits per heavy atom. The molecule has 1 aromatic heterocycles. The molecule has 5 heteroatoms. The van der Waals surface area contributed by atoms with Gasteiger partial charge in [0, 0.05) is 5.56 Å². The van der Waals surface area contributed by atoms with E-state index in [1.54, 1.807) is 0 Å². The smallest absolute Gasteiger partial charge is 0.227 e. The Hall–Kier alpha value is -1.88. The van der Waals surface area contributed by atoms with Crippen LogP contribution in [0.3, 0.4) is 0 Å². The lowest BCUT2D eigenvalue weighted by molar-refractivity contribution is -0.115. The van der Waals surface area contributed by atoms with Crippen molar-refractivity contribution in [3.8, 4) is 11.3 Å². The molecular formula is C14H15N3OS. The molecule has 0 aliphatic heterocycles. The molecule has 0 aliphatic carbocycles. The Bertz CT molecular complexity index is 596. The lowest BCUT2D eigenvalue weighted by Crippen LogP contribution is -2.13. The van der Waals surface area contributed by atoms with Gasteiger partial charge in [-0.15, -0.1) is 10.2 Å². The van der Waals surface area contributed by atoms with E-state index in [9.17, 15) is 4.79 Å². The van der Waals surface area contributed by atoms with Gasteiger partial charge in [0.05, 0.1) is 11.4 Å². The minimum absolute atomic E-state index is 0.220. The second-order valence-electron chi connectivity index (χ2n) is 4.33. The molecule has 0 radical (unpaired) electrons. The molecule has 0 spiro atoms. The third-order valence-electron chi connectivity index (χ3n) is 2.66.